The summed E-state index contributed by atoms with van der Waals surface area (Å²) in [5, 5.41) is 0. The van der Waals surface area contributed by atoms with Crippen LogP contribution in [0.2, 0.25) is 0 Å². The number of amides is 1. The number of nitrogens with zero attached hydrogens (tertiary/aromatic N) is 2. The molecule has 1 aliphatic carbocycles. The van der Waals surface area contributed by atoms with Crippen LogP contribution in [0.1, 0.15) is 69.2 Å². The van der Waals surface area contributed by atoms with Gasteiger partial charge in [0, 0.05) is 30.7 Å². The van der Waals surface area contributed by atoms with Crippen LogP contribution in [0.25, 0.3) is 0 Å². The molecule has 1 heterocycles. The van der Waals surface area contributed by atoms with Crippen LogP contribution in [0, 0.1) is 0 Å². The lowest BCUT2D eigenvalue weighted by molar-refractivity contribution is 0.0693. The molecule has 1 saturated carbocycles. The van der Waals surface area contributed by atoms with Crippen molar-refractivity contribution in [3.05, 3.63) is 29.8 Å². The first-order chi connectivity index (χ1) is 12.4. The highest BCUT2D eigenvalue weighted by atomic mass is 32.2. The van der Waals surface area contributed by atoms with E-state index in [4.69, 9.17) is 0 Å². The lowest BCUT2D eigenvalue weighted by atomic mass is 10.1. The summed E-state index contributed by atoms with van der Waals surface area (Å²) in [5.41, 5.74) is 0.574. The van der Waals surface area contributed by atoms with Gasteiger partial charge in [-0.1, -0.05) is 19.3 Å². The normalized spacial score (nSPS) is 22.5. The molecule has 0 radical (unpaired) electrons. The molecule has 3 rings (SSSR count). The van der Waals surface area contributed by atoms with Crippen molar-refractivity contribution in [1.29, 1.82) is 0 Å². The largest absolute Gasteiger partial charge is 0.336 e. The fourth-order valence-electron chi connectivity index (χ4n) is 4.28. The van der Waals surface area contributed by atoms with Crippen molar-refractivity contribution < 1.29 is 13.2 Å². The Bertz CT molecular complexity index is 724. The molecule has 1 aliphatic heterocycles. The molecule has 1 aromatic carbocycles. The Kier molecular flexibility index (Phi) is 6.03. The molecule has 0 spiro atoms. The van der Waals surface area contributed by atoms with Crippen molar-refractivity contribution in [3.63, 3.8) is 0 Å². The maximum atomic E-state index is 12.9. The fourth-order valence-corrected chi connectivity index (χ4v) is 5.98. The van der Waals surface area contributed by atoms with Gasteiger partial charge >= 0.3 is 0 Å². The number of piperidine rings is 1. The molecule has 0 bridgehead atoms. The molecular weight excluding hydrogens is 348 g/mol. The van der Waals surface area contributed by atoms with E-state index in [-0.39, 0.29) is 16.8 Å². The molecule has 1 atom stereocenters. The number of rotatable bonds is 5. The van der Waals surface area contributed by atoms with Crippen molar-refractivity contribution in [2.24, 2.45) is 0 Å². The smallest absolute Gasteiger partial charge is 0.254 e. The average Bonchev–Trinajstić information content (AvgIpc) is 3.17. The van der Waals surface area contributed by atoms with E-state index >= 15 is 0 Å². The standard InChI is InChI=1S/C20H30N2O3S/c1-3-21(18-9-4-5-10-18)20(23)17-11-13-19(14-12-17)26(24,25)22-15-7-6-8-16(22)2/h11-14,16,18H,3-10,15H2,1-2H3. The Morgan fingerprint density at radius 2 is 1.69 bits per heavy atom. The van der Waals surface area contributed by atoms with Crippen molar-refractivity contribution in [1.82, 2.24) is 9.21 Å². The van der Waals surface area contributed by atoms with Gasteiger partial charge in [-0.15, -0.1) is 0 Å². The van der Waals surface area contributed by atoms with Gasteiger partial charge in [-0.25, -0.2) is 8.42 Å². The van der Waals surface area contributed by atoms with E-state index < -0.39 is 10.0 Å². The molecule has 0 N–H and O–H groups in total. The third-order valence-electron chi connectivity index (χ3n) is 5.82. The highest BCUT2D eigenvalue weighted by Crippen LogP contribution is 2.27. The van der Waals surface area contributed by atoms with E-state index in [0.29, 0.717) is 24.7 Å². The van der Waals surface area contributed by atoms with Crippen LogP contribution in [0.5, 0.6) is 0 Å². The first-order valence-electron chi connectivity index (χ1n) is 9.88. The van der Waals surface area contributed by atoms with E-state index in [9.17, 15) is 13.2 Å². The van der Waals surface area contributed by atoms with Crippen LogP contribution >= 0.6 is 0 Å². The van der Waals surface area contributed by atoms with Gasteiger partial charge in [-0.2, -0.15) is 4.31 Å². The zero-order valence-electron chi connectivity index (χ0n) is 15.9. The monoisotopic (exact) mass is 378 g/mol. The van der Waals surface area contributed by atoms with Gasteiger partial charge in [-0.3, -0.25) is 4.79 Å². The van der Waals surface area contributed by atoms with E-state index in [2.05, 4.69) is 0 Å². The topological polar surface area (TPSA) is 57.7 Å². The minimum absolute atomic E-state index is 0.00897. The minimum atomic E-state index is -3.49. The quantitative estimate of drug-likeness (QED) is 0.786. The second-order valence-corrected chi connectivity index (χ2v) is 9.40. The molecule has 1 unspecified atom stereocenters. The average molecular weight is 379 g/mol. The Morgan fingerprint density at radius 3 is 2.27 bits per heavy atom. The molecule has 6 heteroatoms. The van der Waals surface area contributed by atoms with Crippen LogP contribution in [0.3, 0.4) is 0 Å². The molecule has 5 nitrogen and oxygen atoms in total. The highest BCUT2D eigenvalue weighted by Gasteiger charge is 2.31. The summed E-state index contributed by atoms with van der Waals surface area (Å²) >= 11 is 0. The van der Waals surface area contributed by atoms with E-state index in [1.165, 1.54) is 12.8 Å². The molecule has 1 saturated heterocycles. The SMILES string of the molecule is CCN(C(=O)c1ccc(S(=O)(=O)N2CCCCC2C)cc1)C1CCCC1. The predicted molar refractivity (Wildman–Crippen MR) is 103 cm³/mol. The zero-order chi connectivity index (χ0) is 18.7. The lowest BCUT2D eigenvalue weighted by Crippen LogP contribution is -2.42. The molecular formula is C20H30N2O3S. The van der Waals surface area contributed by atoms with Crippen molar-refractivity contribution >= 4 is 15.9 Å². The van der Waals surface area contributed by atoms with Gasteiger partial charge in [0.2, 0.25) is 10.0 Å². The molecule has 1 amide bonds. The molecule has 2 fully saturated rings. The predicted octanol–water partition coefficient (Wildman–Crippen LogP) is 3.65. The van der Waals surface area contributed by atoms with Crippen molar-refractivity contribution in [2.45, 2.75) is 75.8 Å². The number of hydrogen-bond donors (Lipinski definition) is 0. The zero-order valence-corrected chi connectivity index (χ0v) is 16.7. The van der Waals surface area contributed by atoms with Crippen LogP contribution in [-0.4, -0.2) is 48.7 Å². The Hall–Kier alpha value is -1.40. The van der Waals surface area contributed by atoms with E-state index in [1.54, 1.807) is 28.6 Å². The molecule has 2 aliphatic rings. The van der Waals surface area contributed by atoms with Gasteiger partial charge in [0.15, 0.2) is 0 Å². The second kappa shape index (κ2) is 8.09. The molecule has 26 heavy (non-hydrogen) atoms. The van der Waals surface area contributed by atoms with E-state index in [0.717, 1.165) is 32.1 Å². The van der Waals surface area contributed by atoms with Gasteiger partial charge in [-0.05, 0) is 63.8 Å². The molecule has 144 valence electrons. The summed E-state index contributed by atoms with van der Waals surface area (Å²) < 4.78 is 27.4. The first-order valence-corrected chi connectivity index (χ1v) is 11.3. The van der Waals surface area contributed by atoms with Gasteiger partial charge in [0.25, 0.3) is 5.91 Å². The number of hydrogen-bond acceptors (Lipinski definition) is 3. The maximum absolute atomic E-state index is 12.9. The second-order valence-electron chi connectivity index (χ2n) is 7.51. The number of benzene rings is 1. The number of carbonyl (C=O) groups excluding carboxylic acids is 1. The number of carbonyl (C=O) groups is 1. The molecule has 0 aromatic heterocycles. The summed E-state index contributed by atoms with van der Waals surface area (Å²) in [6.45, 7) is 5.24. The van der Waals surface area contributed by atoms with Crippen molar-refractivity contribution in [3.8, 4) is 0 Å². The van der Waals surface area contributed by atoms with E-state index in [1.807, 2.05) is 18.7 Å². The number of sulfonamides is 1. The summed E-state index contributed by atoms with van der Waals surface area (Å²) in [6.07, 6.45) is 7.39. The van der Waals surface area contributed by atoms with Gasteiger partial charge in [0.1, 0.15) is 0 Å². The Morgan fingerprint density at radius 1 is 1.08 bits per heavy atom. The third-order valence-corrected chi connectivity index (χ3v) is 7.84. The Labute approximate surface area is 157 Å². The first kappa shape index (κ1) is 19.4. The summed E-state index contributed by atoms with van der Waals surface area (Å²) in [7, 11) is -3.49. The van der Waals surface area contributed by atoms with Gasteiger partial charge in [0.05, 0.1) is 4.90 Å². The van der Waals surface area contributed by atoms with Crippen LogP contribution in [0.15, 0.2) is 29.2 Å². The van der Waals surface area contributed by atoms with Crippen LogP contribution in [0.4, 0.5) is 0 Å². The third kappa shape index (κ3) is 3.81. The minimum Gasteiger partial charge on any atom is -0.336 e. The summed E-state index contributed by atoms with van der Waals surface area (Å²) in [4.78, 5) is 15.1. The van der Waals surface area contributed by atoms with Crippen molar-refractivity contribution in [2.75, 3.05) is 13.1 Å². The van der Waals surface area contributed by atoms with Crippen LogP contribution in [-0.2, 0) is 10.0 Å². The highest BCUT2D eigenvalue weighted by molar-refractivity contribution is 7.89. The molecule has 1 aromatic rings. The summed E-state index contributed by atoms with van der Waals surface area (Å²) in [6, 6.07) is 6.87. The van der Waals surface area contributed by atoms with Gasteiger partial charge < -0.3 is 4.90 Å². The van der Waals surface area contributed by atoms with Crippen LogP contribution < -0.4 is 0 Å². The Balaban J connectivity index is 1.78. The fraction of sp³-hybridized carbons (Fsp3) is 0.650. The summed E-state index contributed by atoms with van der Waals surface area (Å²) in [5.74, 6) is 0.00897. The maximum Gasteiger partial charge on any atom is 0.254 e. The lowest BCUT2D eigenvalue weighted by Gasteiger charge is -2.32.